The number of hydrogen-bond donors (Lipinski definition) is 0. The minimum absolute atomic E-state index is 0.0244. The smallest absolute Gasteiger partial charge is 0.230 e. The summed E-state index contributed by atoms with van der Waals surface area (Å²) in [6.07, 6.45) is 4.09. The largest absolute Gasteiger partial charge is 0.341 e. The molecule has 26 heavy (non-hydrogen) atoms. The van der Waals surface area contributed by atoms with Crippen LogP contribution in [0.15, 0.2) is 18.2 Å². The van der Waals surface area contributed by atoms with Crippen molar-refractivity contribution in [3.63, 3.8) is 0 Å². The van der Waals surface area contributed by atoms with E-state index in [1.165, 1.54) is 12.1 Å². The molecule has 1 saturated carbocycles. The van der Waals surface area contributed by atoms with E-state index < -0.39 is 17.0 Å². The average molecular weight is 362 g/mol. The molecule has 4 nitrogen and oxygen atoms in total. The molecule has 0 aromatic heterocycles. The van der Waals surface area contributed by atoms with Gasteiger partial charge in [0.05, 0.1) is 5.41 Å². The molecule has 1 aromatic carbocycles. The zero-order valence-electron chi connectivity index (χ0n) is 15.1. The molecule has 2 aliphatic heterocycles. The summed E-state index contributed by atoms with van der Waals surface area (Å²) in [6, 6.07) is 4.06. The molecule has 140 valence electrons. The molecule has 1 atom stereocenters. The summed E-state index contributed by atoms with van der Waals surface area (Å²) < 4.78 is 27.5. The highest BCUT2D eigenvalue weighted by molar-refractivity contribution is 5.88. The summed E-state index contributed by atoms with van der Waals surface area (Å²) in [7, 11) is 0. The molecule has 0 radical (unpaired) electrons. The second-order valence-electron chi connectivity index (χ2n) is 8.36. The third-order valence-corrected chi connectivity index (χ3v) is 6.37. The van der Waals surface area contributed by atoms with Crippen molar-refractivity contribution in [3.05, 3.63) is 35.4 Å². The third kappa shape index (κ3) is 2.79. The van der Waals surface area contributed by atoms with Gasteiger partial charge in [0.2, 0.25) is 11.8 Å². The second kappa shape index (κ2) is 6.03. The van der Waals surface area contributed by atoms with E-state index in [1.807, 2.05) is 11.8 Å². The molecule has 3 fully saturated rings. The van der Waals surface area contributed by atoms with Crippen LogP contribution in [0.3, 0.4) is 0 Å². The van der Waals surface area contributed by atoms with Crippen LogP contribution in [0.4, 0.5) is 8.78 Å². The van der Waals surface area contributed by atoms with E-state index in [0.717, 1.165) is 31.7 Å². The van der Waals surface area contributed by atoms with Crippen LogP contribution in [0.5, 0.6) is 0 Å². The van der Waals surface area contributed by atoms with Crippen molar-refractivity contribution in [1.82, 2.24) is 9.80 Å². The Morgan fingerprint density at radius 1 is 1.15 bits per heavy atom. The van der Waals surface area contributed by atoms with Gasteiger partial charge in [-0.15, -0.1) is 0 Å². The second-order valence-corrected chi connectivity index (χ2v) is 8.36. The van der Waals surface area contributed by atoms with E-state index in [4.69, 9.17) is 0 Å². The Morgan fingerprint density at radius 3 is 2.65 bits per heavy atom. The van der Waals surface area contributed by atoms with Gasteiger partial charge in [-0.2, -0.15) is 0 Å². The fourth-order valence-corrected chi connectivity index (χ4v) is 4.39. The number of carbonyl (C=O) groups is 2. The number of rotatable bonds is 3. The van der Waals surface area contributed by atoms with Crippen LogP contribution in [0.2, 0.25) is 0 Å². The number of likely N-dealkylation sites (tertiary alicyclic amines) is 2. The quantitative estimate of drug-likeness (QED) is 0.829. The topological polar surface area (TPSA) is 40.6 Å². The van der Waals surface area contributed by atoms with Crippen LogP contribution in [0.25, 0.3) is 0 Å². The van der Waals surface area contributed by atoms with Crippen molar-refractivity contribution in [1.29, 1.82) is 0 Å². The van der Waals surface area contributed by atoms with Crippen LogP contribution in [0.1, 0.15) is 44.6 Å². The fraction of sp³-hybridized carbons (Fsp3) is 0.600. The molecule has 1 aliphatic carbocycles. The van der Waals surface area contributed by atoms with E-state index in [2.05, 4.69) is 0 Å². The first-order valence-corrected chi connectivity index (χ1v) is 9.36. The van der Waals surface area contributed by atoms with Crippen molar-refractivity contribution in [3.8, 4) is 0 Å². The highest BCUT2D eigenvalue weighted by Gasteiger charge is 2.54. The number of benzene rings is 1. The highest BCUT2D eigenvalue weighted by Crippen LogP contribution is 2.49. The zero-order chi connectivity index (χ0) is 18.5. The Bertz CT molecular complexity index is 762. The van der Waals surface area contributed by atoms with E-state index in [0.29, 0.717) is 26.1 Å². The Labute approximate surface area is 152 Å². The number of nitrogens with zero attached hydrogens (tertiary/aromatic N) is 2. The molecule has 3 aliphatic rings. The van der Waals surface area contributed by atoms with Crippen molar-refractivity contribution in [2.75, 3.05) is 19.6 Å². The maximum atomic E-state index is 14.0. The monoisotopic (exact) mass is 362 g/mol. The van der Waals surface area contributed by atoms with Crippen molar-refractivity contribution in [2.24, 2.45) is 10.8 Å². The van der Waals surface area contributed by atoms with Gasteiger partial charge >= 0.3 is 0 Å². The zero-order valence-corrected chi connectivity index (χ0v) is 15.1. The molecule has 1 spiro atoms. The summed E-state index contributed by atoms with van der Waals surface area (Å²) in [5.74, 6) is -1.64. The van der Waals surface area contributed by atoms with Gasteiger partial charge in [-0.05, 0) is 38.2 Å². The predicted molar refractivity (Wildman–Crippen MR) is 92.0 cm³/mol. The van der Waals surface area contributed by atoms with Gasteiger partial charge < -0.3 is 9.80 Å². The lowest BCUT2D eigenvalue weighted by molar-refractivity contribution is -0.147. The summed E-state index contributed by atoms with van der Waals surface area (Å²) >= 11 is 0. The number of carbonyl (C=O) groups excluding carboxylic acids is 2. The minimum atomic E-state index is -0.892. The first kappa shape index (κ1) is 17.4. The molecule has 2 amide bonds. The van der Waals surface area contributed by atoms with E-state index in [9.17, 15) is 18.4 Å². The Balaban J connectivity index is 1.50. The van der Waals surface area contributed by atoms with E-state index in [-0.39, 0.29) is 29.3 Å². The highest BCUT2D eigenvalue weighted by atomic mass is 19.2. The van der Waals surface area contributed by atoms with Crippen molar-refractivity contribution < 1.29 is 18.4 Å². The molecule has 0 N–H and O–H groups in total. The summed E-state index contributed by atoms with van der Waals surface area (Å²) in [5, 5.41) is 0. The molecule has 0 bridgehead atoms. The van der Waals surface area contributed by atoms with Gasteiger partial charge in [-0.1, -0.05) is 19.1 Å². The lowest BCUT2D eigenvalue weighted by Gasteiger charge is -2.39. The van der Waals surface area contributed by atoms with Gasteiger partial charge in [-0.3, -0.25) is 9.59 Å². The van der Waals surface area contributed by atoms with Crippen LogP contribution in [-0.4, -0.2) is 41.2 Å². The standard InChI is InChI=1S/C20H24F2N2O2/c1-19(7-8-19)17(25)24-11-9-20(13-24)6-3-10-23(18(20)26)12-14-4-2-5-15(21)16(14)22/h2,4-5H,3,6-13H2,1H3/t20-/m0/s1. The first-order valence-electron chi connectivity index (χ1n) is 9.36. The Hall–Kier alpha value is -1.98. The van der Waals surface area contributed by atoms with Gasteiger partial charge in [-0.25, -0.2) is 8.78 Å². The maximum Gasteiger partial charge on any atom is 0.230 e. The van der Waals surface area contributed by atoms with Crippen LogP contribution >= 0.6 is 0 Å². The molecule has 6 heteroatoms. The average Bonchev–Trinajstić information content (AvgIpc) is 3.23. The van der Waals surface area contributed by atoms with Gasteiger partial charge in [0.15, 0.2) is 11.6 Å². The van der Waals surface area contributed by atoms with Crippen LogP contribution < -0.4 is 0 Å². The Morgan fingerprint density at radius 2 is 1.92 bits per heavy atom. The summed E-state index contributed by atoms with van der Waals surface area (Å²) in [5.41, 5.74) is -0.580. The lowest BCUT2D eigenvalue weighted by atomic mass is 9.78. The van der Waals surface area contributed by atoms with Crippen LogP contribution in [-0.2, 0) is 16.1 Å². The minimum Gasteiger partial charge on any atom is -0.341 e. The summed E-state index contributed by atoms with van der Waals surface area (Å²) in [6.45, 7) is 3.69. The fourth-order valence-electron chi connectivity index (χ4n) is 4.39. The first-order chi connectivity index (χ1) is 12.3. The molecular formula is C20H24F2N2O2. The number of piperidine rings is 1. The van der Waals surface area contributed by atoms with E-state index >= 15 is 0 Å². The molecular weight excluding hydrogens is 338 g/mol. The van der Waals surface area contributed by atoms with Gasteiger partial charge in [0.25, 0.3) is 0 Å². The third-order valence-electron chi connectivity index (χ3n) is 6.37. The molecule has 1 aromatic rings. The SMILES string of the molecule is CC1(C(=O)N2CC[C@@]3(CCCN(Cc4cccc(F)c4F)C3=O)C2)CC1. The molecule has 2 saturated heterocycles. The predicted octanol–water partition coefficient (Wildman–Crippen LogP) is 3.11. The number of amides is 2. The van der Waals surface area contributed by atoms with Crippen molar-refractivity contribution in [2.45, 2.75) is 45.6 Å². The summed E-state index contributed by atoms with van der Waals surface area (Å²) in [4.78, 5) is 29.3. The van der Waals surface area contributed by atoms with Crippen molar-refractivity contribution >= 4 is 11.8 Å². The van der Waals surface area contributed by atoms with Crippen LogP contribution in [0, 0.1) is 22.5 Å². The number of hydrogen-bond acceptors (Lipinski definition) is 2. The normalized spacial score (nSPS) is 27.3. The maximum absolute atomic E-state index is 14.0. The molecule has 4 rings (SSSR count). The van der Waals surface area contributed by atoms with E-state index in [1.54, 1.807) is 4.90 Å². The number of halogens is 2. The Kier molecular flexibility index (Phi) is 4.04. The molecule has 2 heterocycles. The van der Waals surface area contributed by atoms with Gasteiger partial charge in [0.1, 0.15) is 0 Å². The molecule has 0 unspecified atom stereocenters. The lowest BCUT2D eigenvalue weighted by Crippen LogP contribution is -2.50. The van der Waals surface area contributed by atoms with Gasteiger partial charge in [0, 0.05) is 37.2 Å².